The molecule has 1 saturated heterocycles. The Morgan fingerprint density at radius 3 is 1.55 bits per heavy atom. The molecule has 0 radical (unpaired) electrons. The minimum Gasteiger partial charge on any atom is -0.481 e. The van der Waals surface area contributed by atoms with E-state index in [1.165, 1.54) is 64.2 Å². The molecule has 0 saturated carbocycles. The van der Waals surface area contributed by atoms with Gasteiger partial charge in [-0.1, -0.05) is 118 Å². The first-order valence-corrected chi connectivity index (χ1v) is 17.5. The Balaban J connectivity index is 2.68. The van der Waals surface area contributed by atoms with E-state index in [1.807, 2.05) is 5.06 Å². The standard InChI is InChI=1S/C35H67NO6/c1-7-9-11-13-19-23-29-40-35(41-30-24-20-14-12-10-8-2)27-28-36(34(5,6)33(35,3)4)42-32(39)26-22-18-16-15-17-21-25-31(37)38/h7-30H2,1-6H3,(H,37,38). The molecule has 42 heavy (non-hydrogen) atoms. The first-order chi connectivity index (χ1) is 20.0. The van der Waals surface area contributed by atoms with Crippen molar-refractivity contribution in [2.45, 2.75) is 188 Å². The van der Waals surface area contributed by atoms with E-state index in [4.69, 9.17) is 19.4 Å². The molecule has 1 fully saturated rings. The SMILES string of the molecule is CCCCCCCCOC1(OCCCCCCCC)CCN(OC(=O)CCCCCCCCC(=O)O)C(C)(C)C1(C)C. The predicted molar refractivity (Wildman–Crippen MR) is 171 cm³/mol. The number of hydroxylamine groups is 2. The Morgan fingerprint density at radius 2 is 1.07 bits per heavy atom. The van der Waals surface area contributed by atoms with E-state index in [9.17, 15) is 9.59 Å². The number of nitrogens with zero attached hydrogens (tertiary/aromatic N) is 1. The molecule has 1 aliphatic heterocycles. The van der Waals surface area contributed by atoms with E-state index in [2.05, 4.69) is 41.5 Å². The topological polar surface area (TPSA) is 85.3 Å². The van der Waals surface area contributed by atoms with Crippen molar-refractivity contribution in [3.05, 3.63) is 0 Å². The second-order valence-electron chi connectivity index (χ2n) is 13.5. The normalized spacial score (nSPS) is 17.8. The zero-order valence-electron chi connectivity index (χ0n) is 28.4. The number of carbonyl (C=O) groups excluding carboxylic acids is 1. The van der Waals surface area contributed by atoms with Gasteiger partial charge in [-0.3, -0.25) is 9.59 Å². The van der Waals surface area contributed by atoms with Crippen LogP contribution in [0, 0.1) is 5.41 Å². The third kappa shape index (κ3) is 13.6. The van der Waals surface area contributed by atoms with Crippen LogP contribution < -0.4 is 0 Å². The molecule has 0 unspecified atom stereocenters. The second kappa shape index (κ2) is 21.5. The number of unbranched alkanes of at least 4 members (excludes halogenated alkanes) is 15. The molecule has 1 heterocycles. The fraction of sp³-hybridized carbons (Fsp3) is 0.943. The van der Waals surface area contributed by atoms with Crippen molar-refractivity contribution in [3.63, 3.8) is 0 Å². The van der Waals surface area contributed by atoms with Gasteiger partial charge in [-0.15, -0.1) is 5.06 Å². The molecule has 0 spiro atoms. The Kier molecular flexibility index (Phi) is 19.9. The molecule has 7 heteroatoms. The van der Waals surface area contributed by atoms with Crippen molar-refractivity contribution >= 4 is 11.9 Å². The number of carbonyl (C=O) groups is 2. The van der Waals surface area contributed by atoms with E-state index in [0.717, 1.165) is 51.4 Å². The lowest BCUT2D eigenvalue weighted by Gasteiger charge is -2.60. The molecular weight excluding hydrogens is 530 g/mol. The summed E-state index contributed by atoms with van der Waals surface area (Å²) in [5, 5.41) is 10.6. The maximum absolute atomic E-state index is 12.8. The molecule has 0 bridgehead atoms. The molecule has 0 aromatic carbocycles. The molecule has 0 atom stereocenters. The first kappa shape index (κ1) is 38.8. The van der Waals surface area contributed by atoms with Gasteiger partial charge >= 0.3 is 11.9 Å². The monoisotopic (exact) mass is 597 g/mol. The summed E-state index contributed by atoms with van der Waals surface area (Å²) in [7, 11) is 0. The third-order valence-corrected chi connectivity index (χ3v) is 9.65. The average molecular weight is 598 g/mol. The molecule has 1 N–H and O–H groups in total. The highest BCUT2D eigenvalue weighted by molar-refractivity contribution is 5.69. The zero-order valence-corrected chi connectivity index (χ0v) is 28.4. The largest absolute Gasteiger partial charge is 0.481 e. The summed E-state index contributed by atoms with van der Waals surface area (Å²) >= 11 is 0. The number of aliphatic carboxylic acids is 1. The highest BCUT2D eigenvalue weighted by atomic mass is 16.7. The van der Waals surface area contributed by atoms with Crippen LogP contribution in [0.15, 0.2) is 0 Å². The van der Waals surface area contributed by atoms with Gasteiger partial charge in [0, 0.05) is 31.2 Å². The summed E-state index contributed by atoms with van der Waals surface area (Å²) in [6.07, 6.45) is 21.4. The Hall–Kier alpha value is -1.18. The highest BCUT2D eigenvalue weighted by Gasteiger charge is 2.62. The minimum atomic E-state index is -0.729. The first-order valence-electron chi connectivity index (χ1n) is 17.5. The second-order valence-corrected chi connectivity index (χ2v) is 13.5. The number of rotatable bonds is 26. The minimum absolute atomic E-state index is 0.182. The Bertz CT molecular complexity index is 704. The van der Waals surface area contributed by atoms with Crippen LogP contribution in [0.25, 0.3) is 0 Å². The summed E-state index contributed by atoms with van der Waals surface area (Å²) in [6.45, 7) is 15.2. The summed E-state index contributed by atoms with van der Waals surface area (Å²) in [4.78, 5) is 29.4. The van der Waals surface area contributed by atoms with Gasteiger partial charge in [-0.2, -0.15) is 0 Å². The fourth-order valence-corrected chi connectivity index (χ4v) is 5.99. The molecule has 248 valence electrons. The molecule has 0 aromatic heterocycles. The third-order valence-electron chi connectivity index (χ3n) is 9.65. The molecule has 0 aliphatic carbocycles. The van der Waals surface area contributed by atoms with Gasteiger partial charge in [0.1, 0.15) is 0 Å². The summed E-state index contributed by atoms with van der Waals surface area (Å²) in [5.74, 6) is -1.63. The molecule has 7 nitrogen and oxygen atoms in total. The average Bonchev–Trinajstić information content (AvgIpc) is 2.94. The van der Waals surface area contributed by atoms with Crippen LogP contribution in [0.1, 0.15) is 176 Å². The van der Waals surface area contributed by atoms with Crippen molar-refractivity contribution < 1.29 is 29.0 Å². The number of carboxylic acid groups (broad SMARTS) is 1. The van der Waals surface area contributed by atoms with Gasteiger partial charge in [-0.05, 0) is 39.5 Å². The lowest BCUT2D eigenvalue weighted by Crippen LogP contribution is -2.70. The van der Waals surface area contributed by atoms with Gasteiger partial charge in [0.15, 0.2) is 5.79 Å². The van der Waals surface area contributed by atoms with Crippen LogP contribution in [0.5, 0.6) is 0 Å². The van der Waals surface area contributed by atoms with Crippen LogP contribution in [0.3, 0.4) is 0 Å². The molecule has 0 aromatic rings. The zero-order chi connectivity index (χ0) is 31.3. The van der Waals surface area contributed by atoms with Crippen LogP contribution in [-0.2, 0) is 23.9 Å². The van der Waals surface area contributed by atoms with Crippen molar-refractivity contribution in [2.75, 3.05) is 19.8 Å². The number of ether oxygens (including phenoxy) is 2. The summed E-state index contributed by atoms with van der Waals surface area (Å²) < 4.78 is 13.5. The smallest absolute Gasteiger partial charge is 0.325 e. The quantitative estimate of drug-likeness (QED) is 0.0785. The van der Waals surface area contributed by atoms with Crippen LogP contribution in [0.4, 0.5) is 0 Å². The number of piperidine rings is 1. The van der Waals surface area contributed by atoms with Crippen molar-refractivity contribution in [3.8, 4) is 0 Å². The number of carboxylic acids is 1. The van der Waals surface area contributed by atoms with Gasteiger partial charge in [-0.25, -0.2) is 0 Å². The van der Waals surface area contributed by atoms with Crippen LogP contribution in [-0.4, -0.2) is 53.2 Å². The Morgan fingerprint density at radius 1 is 0.643 bits per heavy atom. The lowest BCUT2D eigenvalue weighted by molar-refractivity contribution is -0.370. The van der Waals surface area contributed by atoms with Gasteiger partial charge < -0.3 is 19.4 Å². The van der Waals surface area contributed by atoms with E-state index in [0.29, 0.717) is 32.6 Å². The van der Waals surface area contributed by atoms with Crippen molar-refractivity contribution in [2.24, 2.45) is 5.41 Å². The fourth-order valence-electron chi connectivity index (χ4n) is 5.99. The van der Waals surface area contributed by atoms with Crippen molar-refractivity contribution in [1.82, 2.24) is 5.06 Å². The van der Waals surface area contributed by atoms with E-state index in [1.54, 1.807) is 0 Å². The number of hydrogen-bond donors (Lipinski definition) is 1. The van der Waals surface area contributed by atoms with E-state index >= 15 is 0 Å². The number of hydrogen-bond acceptors (Lipinski definition) is 6. The maximum atomic E-state index is 12.8. The summed E-state index contributed by atoms with van der Waals surface area (Å²) in [6, 6.07) is 0. The highest BCUT2D eigenvalue weighted by Crippen LogP contribution is 2.52. The Labute approximate surface area is 258 Å². The molecule has 1 rings (SSSR count). The molecule has 1 aliphatic rings. The predicted octanol–water partition coefficient (Wildman–Crippen LogP) is 9.61. The van der Waals surface area contributed by atoms with Crippen LogP contribution >= 0.6 is 0 Å². The van der Waals surface area contributed by atoms with E-state index < -0.39 is 22.7 Å². The van der Waals surface area contributed by atoms with E-state index in [-0.39, 0.29) is 12.4 Å². The molecule has 0 amide bonds. The maximum Gasteiger partial charge on any atom is 0.325 e. The van der Waals surface area contributed by atoms with Gasteiger partial charge in [0.25, 0.3) is 0 Å². The van der Waals surface area contributed by atoms with Gasteiger partial charge in [0.05, 0.1) is 18.8 Å². The summed E-state index contributed by atoms with van der Waals surface area (Å²) in [5.41, 5.74) is -0.897. The lowest BCUT2D eigenvalue weighted by atomic mass is 9.64. The van der Waals surface area contributed by atoms with Gasteiger partial charge in [0.2, 0.25) is 0 Å². The van der Waals surface area contributed by atoms with Crippen LogP contribution in [0.2, 0.25) is 0 Å². The van der Waals surface area contributed by atoms with Crippen molar-refractivity contribution in [1.29, 1.82) is 0 Å². The molecular formula is C35H67NO6.